The molecule has 0 radical (unpaired) electrons. The number of fused-ring (bicyclic) bond motifs is 6. The number of hydrogen-bond donors (Lipinski definition) is 0. The van der Waals surface area contributed by atoms with Crippen molar-refractivity contribution in [2.24, 2.45) is 0 Å². The van der Waals surface area contributed by atoms with E-state index >= 15 is 13.2 Å². The van der Waals surface area contributed by atoms with Crippen molar-refractivity contribution in [3.63, 3.8) is 0 Å². The highest BCUT2D eigenvalue weighted by molar-refractivity contribution is 6.11. The van der Waals surface area contributed by atoms with Crippen LogP contribution in [0.4, 0.5) is 13.2 Å². The van der Waals surface area contributed by atoms with Crippen molar-refractivity contribution >= 4 is 43.6 Å². The molecule has 0 N–H and O–H groups in total. The van der Waals surface area contributed by atoms with Gasteiger partial charge in [-0.3, -0.25) is 0 Å². The highest BCUT2D eigenvalue weighted by atomic mass is 19.4. The number of aryl methyl sites for hydroxylation is 1. The Morgan fingerprint density at radius 1 is 0.528 bits per heavy atom. The van der Waals surface area contributed by atoms with Gasteiger partial charge in [0.25, 0.3) is 0 Å². The van der Waals surface area contributed by atoms with Crippen molar-refractivity contribution in [3.8, 4) is 28.6 Å². The summed E-state index contributed by atoms with van der Waals surface area (Å²) in [5, 5.41) is 15.0. The number of benzene rings is 6. The molecule has 0 amide bonds. The van der Waals surface area contributed by atoms with Crippen LogP contribution in [0.5, 0.6) is 0 Å². The van der Waals surface area contributed by atoms with Crippen LogP contribution in [0.2, 0.25) is 0 Å². The van der Waals surface area contributed by atoms with E-state index in [-0.39, 0.29) is 16.4 Å². The Labute approximate surface area is 307 Å². The minimum absolute atomic E-state index is 0.0924. The lowest BCUT2D eigenvalue weighted by molar-refractivity contribution is -0.137. The average Bonchev–Trinajstić information content (AvgIpc) is 3.62. The van der Waals surface area contributed by atoms with Crippen LogP contribution in [0.3, 0.4) is 0 Å². The Morgan fingerprint density at radius 3 is 1.51 bits per heavy atom. The van der Waals surface area contributed by atoms with Gasteiger partial charge in [-0.05, 0) is 82.5 Å². The van der Waals surface area contributed by atoms with Gasteiger partial charge in [0.15, 0.2) is 0 Å². The van der Waals surface area contributed by atoms with Gasteiger partial charge in [0, 0.05) is 27.1 Å². The third-order valence-electron chi connectivity index (χ3n) is 10.6. The first-order valence-corrected chi connectivity index (χ1v) is 17.9. The number of para-hydroxylation sites is 2. The Hall–Kier alpha value is -5.80. The predicted molar refractivity (Wildman–Crippen MR) is 212 cm³/mol. The molecule has 8 aromatic rings. The molecule has 0 aliphatic carbocycles. The van der Waals surface area contributed by atoms with E-state index in [9.17, 15) is 5.26 Å². The Kier molecular flexibility index (Phi) is 7.68. The van der Waals surface area contributed by atoms with Crippen LogP contribution in [0.25, 0.3) is 66.1 Å². The van der Waals surface area contributed by atoms with E-state index in [1.807, 2.05) is 48.5 Å². The average molecular weight is 704 g/mol. The fourth-order valence-electron chi connectivity index (χ4n) is 7.89. The molecule has 2 heterocycles. The zero-order chi connectivity index (χ0) is 37.6. The molecular formula is C47H40F3N3. The van der Waals surface area contributed by atoms with Crippen LogP contribution in [0.15, 0.2) is 115 Å². The largest absolute Gasteiger partial charge is 0.417 e. The van der Waals surface area contributed by atoms with E-state index in [4.69, 9.17) is 0 Å². The number of rotatable bonds is 3. The number of halogens is 3. The molecule has 0 atom stereocenters. The summed E-state index contributed by atoms with van der Waals surface area (Å²) >= 11 is 0. The molecule has 2 aromatic heterocycles. The Balaban J connectivity index is 1.58. The Morgan fingerprint density at radius 2 is 1.02 bits per heavy atom. The zero-order valence-electron chi connectivity index (χ0n) is 30.9. The lowest BCUT2D eigenvalue weighted by atomic mass is 9.86. The van der Waals surface area contributed by atoms with Crippen LogP contribution in [-0.4, -0.2) is 9.13 Å². The lowest BCUT2D eigenvalue weighted by Gasteiger charge is -2.23. The second-order valence-electron chi connectivity index (χ2n) is 16.2. The van der Waals surface area contributed by atoms with Gasteiger partial charge >= 0.3 is 6.18 Å². The van der Waals surface area contributed by atoms with Gasteiger partial charge in [-0.1, -0.05) is 114 Å². The van der Waals surface area contributed by atoms with Gasteiger partial charge in [-0.25, -0.2) is 0 Å². The molecule has 0 saturated heterocycles. The molecule has 0 saturated carbocycles. The molecule has 0 aliphatic rings. The monoisotopic (exact) mass is 703 g/mol. The SMILES string of the molecule is Cc1cccc(C(F)(F)F)c1-c1cc(-n2c3ccccc3c3ccc(C(C)(C)C)cc32)c(C#N)cc1-n1c2ccccc2c2ccc(C(C)(C)C)cc21. The summed E-state index contributed by atoms with van der Waals surface area (Å²) in [5.74, 6) is 0. The summed E-state index contributed by atoms with van der Waals surface area (Å²) in [4.78, 5) is 0. The molecule has 53 heavy (non-hydrogen) atoms. The molecule has 0 spiro atoms. The number of alkyl halides is 3. The van der Waals surface area contributed by atoms with E-state index in [1.165, 1.54) is 6.07 Å². The summed E-state index contributed by atoms with van der Waals surface area (Å²) in [6.07, 6.45) is -4.62. The number of nitriles is 1. The topological polar surface area (TPSA) is 33.6 Å². The zero-order valence-corrected chi connectivity index (χ0v) is 30.9. The summed E-state index contributed by atoms with van der Waals surface area (Å²) in [6.45, 7) is 14.6. The highest BCUT2D eigenvalue weighted by Gasteiger charge is 2.36. The first-order valence-electron chi connectivity index (χ1n) is 17.9. The number of hydrogen-bond acceptors (Lipinski definition) is 1. The fourth-order valence-corrected chi connectivity index (χ4v) is 7.89. The van der Waals surface area contributed by atoms with Crippen molar-refractivity contribution in [3.05, 3.63) is 143 Å². The van der Waals surface area contributed by atoms with Crippen molar-refractivity contribution in [1.29, 1.82) is 5.26 Å². The number of nitrogens with zero attached hydrogens (tertiary/aromatic N) is 3. The van der Waals surface area contributed by atoms with Gasteiger partial charge < -0.3 is 9.13 Å². The summed E-state index contributed by atoms with van der Waals surface area (Å²) in [6, 6.07) is 39.2. The quantitative estimate of drug-likeness (QED) is 0.180. The molecule has 6 heteroatoms. The first kappa shape index (κ1) is 34.3. The molecule has 0 unspecified atom stereocenters. The molecule has 264 valence electrons. The normalized spacial score (nSPS) is 12.7. The van der Waals surface area contributed by atoms with Crippen LogP contribution in [0.1, 0.15) is 69.4 Å². The lowest BCUT2D eigenvalue weighted by Crippen LogP contribution is -2.12. The molecule has 0 aliphatic heterocycles. The van der Waals surface area contributed by atoms with Crippen LogP contribution in [0, 0.1) is 18.3 Å². The molecule has 0 fully saturated rings. The third-order valence-corrected chi connectivity index (χ3v) is 10.6. The minimum Gasteiger partial charge on any atom is -0.309 e. The minimum atomic E-state index is -4.62. The molecule has 3 nitrogen and oxygen atoms in total. The van der Waals surface area contributed by atoms with Crippen LogP contribution >= 0.6 is 0 Å². The molecular weight excluding hydrogens is 664 g/mol. The third kappa shape index (κ3) is 5.49. The van der Waals surface area contributed by atoms with Crippen molar-refractivity contribution in [2.75, 3.05) is 0 Å². The van der Waals surface area contributed by atoms with Crippen LogP contribution < -0.4 is 0 Å². The van der Waals surface area contributed by atoms with E-state index < -0.39 is 11.7 Å². The van der Waals surface area contributed by atoms with E-state index in [0.29, 0.717) is 28.1 Å². The van der Waals surface area contributed by atoms with Crippen molar-refractivity contribution in [2.45, 2.75) is 65.5 Å². The maximum atomic E-state index is 15.1. The standard InChI is InChI=1S/C47H40F3N3/c1-28-13-12-16-37(47(48,49)50)44(28)36-26-40(52-38-17-10-8-14-32(38)34-21-19-30(24-42(34)52)45(2,3)4)29(27-51)23-41(36)53-39-18-11-9-15-33(39)35-22-20-31(25-43(35)53)46(5,6)7/h8-26H,1-7H3. The van der Waals surface area contributed by atoms with Crippen molar-refractivity contribution in [1.82, 2.24) is 9.13 Å². The molecule has 0 bridgehead atoms. The summed E-state index contributed by atoms with van der Waals surface area (Å²) in [5.41, 5.74) is 7.00. The molecule has 8 rings (SSSR count). The van der Waals surface area contributed by atoms with Crippen molar-refractivity contribution < 1.29 is 13.2 Å². The van der Waals surface area contributed by atoms with Gasteiger partial charge in [0.05, 0.1) is 44.6 Å². The van der Waals surface area contributed by atoms with Gasteiger partial charge in [-0.15, -0.1) is 0 Å². The summed E-state index contributed by atoms with van der Waals surface area (Å²) in [7, 11) is 0. The second-order valence-corrected chi connectivity index (χ2v) is 16.2. The maximum Gasteiger partial charge on any atom is 0.417 e. The summed E-state index contributed by atoms with van der Waals surface area (Å²) < 4.78 is 49.4. The van der Waals surface area contributed by atoms with Gasteiger partial charge in [-0.2, -0.15) is 18.4 Å². The van der Waals surface area contributed by atoms with E-state index in [2.05, 4.69) is 99.2 Å². The van der Waals surface area contributed by atoms with Gasteiger partial charge in [0.1, 0.15) is 6.07 Å². The van der Waals surface area contributed by atoms with Gasteiger partial charge in [0.2, 0.25) is 0 Å². The maximum absolute atomic E-state index is 15.1. The first-order chi connectivity index (χ1) is 25.1. The van der Waals surface area contributed by atoms with E-state index in [1.54, 1.807) is 19.1 Å². The smallest absolute Gasteiger partial charge is 0.309 e. The predicted octanol–water partition coefficient (Wildman–Crippen LogP) is 13.3. The molecule has 6 aromatic carbocycles. The highest BCUT2D eigenvalue weighted by Crippen LogP contribution is 2.46. The second kappa shape index (κ2) is 11.9. The van der Waals surface area contributed by atoms with E-state index in [0.717, 1.165) is 60.8 Å². The van der Waals surface area contributed by atoms with Crippen LogP contribution in [-0.2, 0) is 17.0 Å². The fraction of sp³-hybridized carbons (Fsp3) is 0.213. The number of aromatic nitrogens is 2. The Bertz CT molecular complexity index is 2810.